The van der Waals surface area contributed by atoms with Crippen LogP contribution in [0.2, 0.25) is 0 Å². The van der Waals surface area contributed by atoms with Gasteiger partial charge in [0.15, 0.2) is 0 Å². The summed E-state index contributed by atoms with van der Waals surface area (Å²) in [6.45, 7) is 6.20. The normalized spacial score (nSPS) is 27.3. The zero-order valence-corrected chi connectivity index (χ0v) is 12.1. The van der Waals surface area contributed by atoms with E-state index in [0.717, 1.165) is 6.42 Å². The summed E-state index contributed by atoms with van der Waals surface area (Å²) in [5.74, 6) is -1.17. The molecule has 0 amide bonds. The number of aliphatic hydroxyl groups excluding tert-OH is 1. The first kappa shape index (κ1) is 16.8. The number of aliphatic hydroxyl groups is 1. The molecule has 0 bridgehead atoms. The van der Waals surface area contributed by atoms with Gasteiger partial charge in [0.1, 0.15) is 0 Å². The fourth-order valence-electron chi connectivity index (χ4n) is 2.82. The van der Waals surface area contributed by atoms with Crippen LogP contribution in [0.4, 0.5) is 13.2 Å². The molecule has 0 saturated heterocycles. The van der Waals surface area contributed by atoms with Crippen molar-refractivity contribution in [1.29, 1.82) is 0 Å². The molecule has 3 unspecified atom stereocenters. The fourth-order valence-corrected chi connectivity index (χ4v) is 2.82. The minimum absolute atomic E-state index is 0.0504. The lowest BCUT2D eigenvalue weighted by atomic mass is 9.81. The van der Waals surface area contributed by atoms with Crippen LogP contribution in [0.3, 0.4) is 0 Å². The van der Waals surface area contributed by atoms with Crippen LogP contribution in [0, 0.1) is 11.3 Å². The van der Waals surface area contributed by atoms with E-state index in [-0.39, 0.29) is 36.9 Å². The summed E-state index contributed by atoms with van der Waals surface area (Å²) in [6, 6.07) is -0.0365. The molecule has 1 fully saturated rings. The highest BCUT2D eigenvalue weighted by molar-refractivity contribution is 4.88. The summed E-state index contributed by atoms with van der Waals surface area (Å²) >= 11 is 0. The maximum Gasteiger partial charge on any atom is 0.391 e. The van der Waals surface area contributed by atoms with Crippen LogP contribution >= 0.6 is 0 Å². The molecule has 1 rings (SSSR count). The first-order valence-electron chi connectivity index (χ1n) is 7.08. The van der Waals surface area contributed by atoms with Gasteiger partial charge in [0.05, 0.1) is 5.92 Å². The number of halogens is 3. The van der Waals surface area contributed by atoms with E-state index in [0.29, 0.717) is 12.8 Å². The van der Waals surface area contributed by atoms with Crippen molar-refractivity contribution in [3.8, 4) is 0 Å². The van der Waals surface area contributed by atoms with Crippen molar-refractivity contribution in [2.75, 3.05) is 6.61 Å². The van der Waals surface area contributed by atoms with Gasteiger partial charge < -0.3 is 10.4 Å². The molecule has 0 aromatic heterocycles. The van der Waals surface area contributed by atoms with E-state index in [2.05, 4.69) is 5.32 Å². The van der Waals surface area contributed by atoms with E-state index >= 15 is 0 Å². The molecule has 19 heavy (non-hydrogen) atoms. The van der Waals surface area contributed by atoms with E-state index in [9.17, 15) is 13.2 Å². The Morgan fingerprint density at radius 3 is 2.32 bits per heavy atom. The maximum atomic E-state index is 12.8. The predicted octanol–water partition coefficient (Wildman–Crippen LogP) is 3.49. The highest BCUT2D eigenvalue weighted by Crippen LogP contribution is 2.38. The second-order valence-electron chi connectivity index (χ2n) is 6.70. The van der Waals surface area contributed by atoms with Gasteiger partial charge in [-0.15, -0.1) is 0 Å². The Kier molecular flexibility index (Phi) is 5.68. The minimum atomic E-state index is -4.07. The van der Waals surface area contributed by atoms with Crippen molar-refractivity contribution in [3.05, 3.63) is 0 Å². The van der Waals surface area contributed by atoms with Crippen molar-refractivity contribution in [3.63, 3.8) is 0 Å². The van der Waals surface area contributed by atoms with Crippen molar-refractivity contribution < 1.29 is 18.3 Å². The second kappa shape index (κ2) is 6.44. The van der Waals surface area contributed by atoms with Gasteiger partial charge >= 0.3 is 6.18 Å². The fraction of sp³-hybridized carbons (Fsp3) is 1.00. The van der Waals surface area contributed by atoms with Gasteiger partial charge in [-0.3, -0.25) is 0 Å². The van der Waals surface area contributed by atoms with Gasteiger partial charge in [0.25, 0.3) is 0 Å². The SMILES string of the molecule is CC(C)(C)C(CCO)NC1CCCC(C(F)(F)F)C1. The summed E-state index contributed by atoms with van der Waals surface area (Å²) in [6.07, 6.45) is -1.66. The Balaban J connectivity index is 2.59. The number of rotatable bonds is 4. The minimum Gasteiger partial charge on any atom is -0.396 e. The molecule has 1 aliphatic carbocycles. The van der Waals surface area contributed by atoms with Gasteiger partial charge in [-0.05, 0) is 31.1 Å². The standard InChI is InChI=1S/C14H26F3NO/c1-13(2,3)12(7-8-19)18-11-6-4-5-10(9-11)14(15,16)17/h10-12,18-19H,4-9H2,1-3H3. The van der Waals surface area contributed by atoms with Crippen LogP contribution in [0.25, 0.3) is 0 Å². The average Bonchev–Trinajstić information content (AvgIpc) is 2.26. The number of hydrogen-bond acceptors (Lipinski definition) is 2. The second-order valence-corrected chi connectivity index (χ2v) is 6.70. The molecule has 0 radical (unpaired) electrons. The zero-order chi connectivity index (χ0) is 14.7. The molecule has 1 aliphatic rings. The van der Waals surface area contributed by atoms with Crippen LogP contribution in [0.5, 0.6) is 0 Å². The number of nitrogens with one attached hydrogen (secondary N) is 1. The van der Waals surface area contributed by atoms with Crippen molar-refractivity contribution in [2.45, 2.75) is 71.1 Å². The third-order valence-electron chi connectivity index (χ3n) is 4.04. The molecule has 114 valence electrons. The van der Waals surface area contributed by atoms with Gasteiger partial charge in [0.2, 0.25) is 0 Å². The molecule has 5 heteroatoms. The molecule has 1 saturated carbocycles. The first-order chi connectivity index (χ1) is 8.64. The number of alkyl halides is 3. The Bertz CT molecular complexity index is 273. The maximum absolute atomic E-state index is 12.8. The summed E-state index contributed by atoms with van der Waals surface area (Å²) in [5.41, 5.74) is -0.0616. The van der Waals surface area contributed by atoms with Gasteiger partial charge in [-0.25, -0.2) is 0 Å². The van der Waals surface area contributed by atoms with Crippen molar-refractivity contribution in [2.24, 2.45) is 11.3 Å². The molecule has 0 spiro atoms. The molecule has 0 aliphatic heterocycles. The molecular formula is C14H26F3NO. The van der Waals surface area contributed by atoms with Crippen LogP contribution in [0.1, 0.15) is 52.9 Å². The molecule has 3 atom stereocenters. The zero-order valence-electron chi connectivity index (χ0n) is 12.1. The highest BCUT2D eigenvalue weighted by atomic mass is 19.4. The quantitative estimate of drug-likeness (QED) is 0.826. The van der Waals surface area contributed by atoms with Crippen LogP contribution in [-0.2, 0) is 0 Å². The molecule has 0 heterocycles. The molecular weight excluding hydrogens is 255 g/mol. The van der Waals surface area contributed by atoms with Crippen molar-refractivity contribution >= 4 is 0 Å². The lowest BCUT2D eigenvalue weighted by Crippen LogP contribution is -2.49. The van der Waals surface area contributed by atoms with E-state index < -0.39 is 12.1 Å². The average molecular weight is 281 g/mol. The predicted molar refractivity (Wildman–Crippen MR) is 69.9 cm³/mol. The lowest BCUT2D eigenvalue weighted by Gasteiger charge is -2.38. The molecule has 0 aromatic carbocycles. The lowest BCUT2D eigenvalue weighted by molar-refractivity contribution is -0.184. The van der Waals surface area contributed by atoms with Crippen LogP contribution in [0.15, 0.2) is 0 Å². The smallest absolute Gasteiger partial charge is 0.391 e. The van der Waals surface area contributed by atoms with E-state index in [4.69, 9.17) is 5.11 Å². The van der Waals surface area contributed by atoms with Gasteiger partial charge in [-0.2, -0.15) is 13.2 Å². The Labute approximate surface area is 113 Å². The monoisotopic (exact) mass is 281 g/mol. The van der Waals surface area contributed by atoms with Gasteiger partial charge in [0, 0.05) is 18.7 Å². The van der Waals surface area contributed by atoms with E-state index in [1.54, 1.807) is 0 Å². The summed E-state index contributed by atoms with van der Waals surface area (Å²) in [5, 5.41) is 12.4. The topological polar surface area (TPSA) is 32.3 Å². The molecule has 2 nitrogen and oxygen atoms in total. The largest absolute Gasteiger partial charge is 0.396 e. The summed E-state index contributed by atoms with van der Waals surface area (Å²) < 4.78 is 38.3. The third-order valence-corrected chi connectivity index (χ3v) is 4.04. The third kappa shape index (κ3) is 5.30. The van der Waals surface area contributed by atoms with Crippen LogP contribution in [-0.4, -0.2) is 30.0 Å². The van der Waals surface area contributed by atoms with Gasteiger partial charge in [-0.1, -0.05) is 27.2 Å². The Morgan fingerprint density at radius 2 is 1.84 bits per heavy atom. The number of hydrogen-bond donors (Lipinski definition) is 2. The van der Waals surface area contributed by atoms with Crippen LogP contribution < -0.4 is 5.32 Å². The molecule has 2 N–H and O–H groups in total. The van der Waals surface area contributed by atoms with E-state index in [1.165, 1.54) is 0 Å². The Morgan fingerprint density at radius 1 is 1.21 bits per heavy atom. The first-order valence-corrected chi connectivity index (χ1v) is 7.08. The van der Waals surface area contributed by atoms with E-state index in [1.807, 2.05) is 20.8 Å². The highest BCUT2D eigenvalue weighted by Gasteiger charge is 2.42. The molecule has 0 aromatic rings. The Hall–Kier alpha value is -0.290. The summed E-state index contributed by atoms with van der Waals surface area (Å²) in [4.78, 5) is 0. The van der Waals surface area contributed by atoms with Crippen molar-refractivity contribution in [1.82, 2.24) is 5.32 Å². The summed E-state index contributed by atoms with van der Waals surface area (Å²) in [7, 11) is 0.